The summed E-state index contributed by atoms with van der Waals surface area (Å²) in [6, 6.07) is 15.8. The van der Waals surface area contributed by atoms with Gasteiger partial charge in [0.05, 0.1) is 0 Å². The minimum absolute atomic E-state index is 0.0333. The van der Waals surface area contributed by atoms with Crippen LogP contribution in [0.4, 0.5) is 0 Å². The van der Waals surface area contributed by atoms with Crippen molar-refractivity contribution in [1.82, 2.24) is 0 Å². The topological polar surface area (TPSA) is 40.5 Å². The van der Waals surface area contributed by atoms with Gasteiger partial charge >= 0.3 is 7.12 Å². The van der Waals surface area contributed by atoms with Crippen molar-refractivity contribution in [1.29, 1.82) is 0 Å². The van der Waals surface area contributed by atoms with Crippen molar-refractivity contribution in [2.75, 3.05) is 0 Å². The van der Waals surface area contributed by atoms with E-state index in [4.69, 9.17) is 0 Å². The monoisotopic (exact) mass is 254 g/mol. The fraction of sp³-hybridized carbons (Fsp3) is 0.250. The SMILES string of the molecule is CC(C)(C)c1cc(B(O)O)cc(-c2ccccc2)c1. The predicted octanol–water partition coefficient (Wildman–Crippen LogP) is 2.33. The van der Waals surface area contributed by atoms with Crippen LogP contribution in [0.15, 0.2) is 48.5 Å². The molecule has 0 unspecified atom stereocenters. The van der Waals surface area contributed by atoms with E-state index in [1.807, 2.05) is 42.5 Å². The van der Waals surface area contributed by atoms with Gasteiger partial charge < -0.3 is 10.0 Å². The van der Waals surface area contributed by atoms with Gasteiger partial charge in [0.1, 0.15) is 0 Å². The molecule has 0 amide bonds. The largest absolute Gasteiger partial charge is 0.488 e. The van der Waals surface area contributed by atoms with E-state index in [-0.39, 0.29) is 5.41 Å². The minimum atomic E-state index is -1.44. The summed E-state index contributed by atoms with van der Waals surface area (Å²) < 4.78 is 0. The Morgan fingerprint density at radius 1 is 0.842 bits per heavy atom. The first kappa shape index (κ1) is 13.8. The van der Waals surface area contributed by atoms with E-state index in [0.29, 0.717) is 5.46 Å². The molecule has 0 aliphatic heterocycles. The third kappa shape index (κ3) is 3.25. The van der Waals surface area contributed by atoms with Gasteiger partial charge in [-0.15, -0.1) is 0 Å². The maximum absolute atomic E-state index is 9.44. The van der Waals surface area contributed by atoms with Crippen LogP contribution in [-0.2, 0) is 5.41 Å². The molecule has 0 saturated heterocycles. The van der Waals surface area contributed by atoms with Crippen LogP contribution in [-0.4, -0.2) is 17.2 Å². The molecular formula is C16H19BO2. The first-order valence-electron chi connectivity index (χ1n) is 6.45. The average molecular weight is 254 g/mol. The van der Waals surface area contributed by atoms with Crippen LogP contribution in [0.25, 0.3) is 11.1 Å². The number of rotatable bonds is 2. The van der Waals surface area contributed by atoms with Crippen molar-refractivity contribution in [2.45, 2.75) is 26.2 Å². The lowest BCUT2D eigenvalue weighted by atomic mass is 9.74. The second-order valence-electron chi connectivity index (χ2n) is 5.83. The predicted molar refractivity (Wildman–Crippen MR) is 80.4 cm³/mol. The highest BCUT2D eigenvalue weighted by molar-refractivity contribution is 6.58. The van der Waals surface area contributed by atoms with Crippen LogP contribution in [0.1, 0.15) is 26.3 Å². The Hall–Kier alpha value is -1.58. The molecule has 2 N–H and O–H groups in total. The first-order chi connectivity index (χ1) is 8.88. The van der Waals surface area contributed by atoms with Crippen LogP contribution < -0.4 is 5.46 Å². The van der Waals surface area contributed by atoms with Crippen LogP contribution in [0, 0.1) is 0 Å². The summed E-state index contributed by atoms with van der Waals surface area (Å²) in [5.41, 5.74) is 3.68. The van der Waals surface area contributed by atoms with E-state index >= 15 is 0 Å². The quantitative estimate of drug-likeness (QED) is 0.807. The van der Waals surface area contributed by atoms with Gasteiger partial charge in [0.15, 0.2) is 0 Å². The molecule has 0 radical (unpaired) electrons. The average Bonchev–Trinajstić information content (AvgIpc) is 2.38. The van der Waals surface area contributed by atoms with Gasteiger partial charge in [0.2, 0.25) is 0 Å². The Morgan fingerprint density at radius 3 is 2.00 bits per heavy atom. The number of benzene rings is 2. The van der Waals surface area contributed by atoms with Gasteiger partial charge in [-0.3, -0.25) is 0 Å². The summed E-state index contributed by atoms with van der Waals surface area (Å²) in [5, 5.41) is 18.9. The third-order valence-electron chi connectivity index (χ3n) is 3.23. The second kappa shape index (κ2) is 5.20. The maximum Gasteiger partial charge on any atom is 0.488 e. The Bertz CT molecular complexity index is 557. The third-order valence-corrected chi connectivity index (χ3v) is 3.23. The molecule has 0 fully saturated rings. The van der Waals surface area contributed by atoms with E-state index in [0.717, 1.165) is 16.7 Å². The Morgan fingerprint density at radius 2 is 1.47 bits per heavy atom. The minimum Gasteiger partial charge on any atom is -0.423 e. The fourth-order valence-corrected chi connectivity index (χ4v) is 2.03. The fourth-order valence-electron chi connectivity index (χ4n) is 2.03. The van der Waals surface area contributed by atoms with Crippen LogP contribution in [0.3, 0.4) is 0 Å². The van der Waals surface area contributed by atoms with Crippen LogP contribution in [0.2, 0.25) is 0 Å². The molecule has 0 heterocycles. The van der Waals surface area contributed by atoms with Crippen molar-refractivity contribution >= 4 is 12.6 Å². The molecule has 0 saturated carbocycles. The molecule has 2 aromatic carbocycles. The molecule has 0 aromatic heterocycles. The first-order valence-corrected chi connectivity index (χ1v) is 6.45. The molecular weight excluding hydrogens is 235 g/mol. The van der Waals surface area contributed by atoms with Crippen molar-refractivity contribution in [2.24, 2.45) is 0 Å². The second-order valence-corrected chi connectivity index (χ2v) is 5.83. The van der Waals surface area contributed by atoms with E-state index in [9.17, 15) is 10.0 Å². The normalized spacial score (nSPS) is 11.4. The van der Waals surface area contributed by atoms with Gasteiger partial charge in [0.25, 0.3) is 0 Å². The molecule has 0 aliphatic carbocycles. The zero-order valence-electron chi connectivity index (χ0n) is 11.6. The molecule has 2 nitrogen and oxygen atoms in total. The molecule has 19 heavy (non-hydrogen) atoms. The smallest absolute Gasteiger partial charge is 0.423 e. The zero-order valence-corrected chi connectivity index (χ0v) is 11.6. The van der Waals surface area contributed by atoms with Gasteiger partial charge in [-0.2, -0.15) is 0 Å². The number of hydrogen-bond acceptors (Lipinski definition) is 2. The Kier molecular flexibility index (Phi) is 3.79. The summed E-state index contributed by atoms with van der Waals surface area (Å²) in [6.07, 6.45) is 0. The standard InChI is InChI=1S/C16H19BO2/c1-16(2,3)14-9-13(10-15(11-14)17(18)19)12-7-5-4-6-8-12/h4-11,18-19H,1-3H3. The van der Waals surface area contributed by atoms with Crippen molar-refractivity contribution in [3.63, 3.8) is 0 Å². The van der Waals surface area contributed by atoms with E-state index < -0.39 is 7.12 Å². The van der Waals surface area contributed by atoms with E-state index in [1.165, 1.54) is 0 Å². The van der Waals surface area contributed by atoms with E-state index in [2.05, 4.69) is 26.8 Å². The lowest BCUT2D eigenvalue weighted by molar-refractivity contribution is 0.425. The van der Waals surface area contributed by atoms with Crippen LogP contribution >= 0.6 is 0 Å². The molecule has 0 spiro atoms. The van der Waals surface area contributed by atoms with Gasteiger partial charge in [-0.25, -0.2) is 0 Å². The number of hydrogen-bond donors (Lipinski definition) is 2. The highest BCUT2D eigenvalue weighted by Crippen LogP contribution is 2.26. The highest BCUT2D eigenvalue weighted by Gasteiger charge is 2.19. The highest BCUT2D eigenvalue weighted by atomic mass is 16.4. The maximum atomic E-state index is 9.44. The Balaban J connectivity index is 2.59. The van der Waals surface area contributed by atoms with Gasteiger partial charge in [-0.05, 0) is 27.6 Å². The zero-order chi connectivity index (χ0) is 14.0. The van der Waals surface area contributed by atoms with Crippen molar-refractivity contribution in [3.8, 4) is 11.1 Å². The molecule has 98 valence electrons. The van der Waals surface area contributed by atoms with Crippen LogP contribution in [0.5, 0.6) is 0 Å². The lowest BCUT2D eigenvalue weighted by Crippen LogP contribution is -2.31. The molecule has 2 aromatic rings. The summed E-state index contributed by atoms with van der Waals surface area (Å²) in [7, 11) is -1.44. The van der Waals surface area contributed by atoms with E-state index in [1.54, 1.807) is 0 Å². The summed E-state index contributed by atoms with van der Waals surface area (Å²) in [6.45, 7) is 6.35. The molecule has 3 heteroatoms. The molecule has 0 bridgehead atoms. The summed E-state index contributed by atoms with van der Waals surface area (Å²) in [4.78, 5) is 0. The Labute approximate surface area is 114 Å². The van der Waals surface area contributed by atoms with Crippen molar-refractivity contribution in [3.05, 3.63) is 54.1 Å². The summed E-state index contributed by atoms with van der Waals surface area (Å²) in [5.74, 6) is 0. The van der Waals surface area contributed by atoms with Gasteiger partial charge in [-0.1, -0.05) is 69.3 Å². The molecule has 2 rings (SSSR count). The molecule has 0 atom stereocenters. The lowest BCUT2D eigenvalue weighted by Gasteiger charge is -2.21. The van der Waals surface area contributed by atoms with Crippen molar-refractivity contribution < 1.29 is 10.0 Å². The van der Waals surface area contributed by atoms with Gasteiger partial charge in [0, 0.05) is 0 Å². The summed E-state index contributed by atoms with van der Waals surface area (Å²) >= 11 is 0. The molecule has 0 aliphatic rings.